The fourth-order valence-corrected chi connectivity index (χ4v) is 1.48. The summed E-state index contributed by atoms with van der Waals surface area (Å²) in [5.74, 6) is 0.742. The first-order chi connectivity index (χ1) is 7.42. The van der Waals surface area contributed by atoms with Gasteiger partial charge in [0.05, 0.1) is 0 Å². The number of anilines is 2. The van der Waals surface area contributed by atoms with Crippen molar-refractivity contribution < 1.29 is 0 Å². The molecule has 76 valence electrons. The Morgan fingerprint density at radius 2 is 1.67 bits per heavy atom. The van der Waals surface area contributed by atoms with Crippen LogP contribution in [0.25, 0.3) is 0 Å². The first-order valence-electron chi connectivity index (χ1n) is 5.01. The summed E-state index contributed by atoms with van der Waals surface area (Å²) >= 11 is 0. The minimum absolute atomic E-state index is 0.742. The van der Waals surface area contributed by atoms with Gasteiger partial charge in [0.1, 0.15) is 0 Å². The van der Waals surface area contributed by atoms with Crippen LogP contribution in [-0.4, -0.2) is 16.5 Å². The van der Waals surface area contributed by atoms with Crippen LogP contribution >= 0.6 is 0 Å². The number of nitrogens with zero attached hydrogens (tertiary/aromatic N) is 3. The van der Waals surface area contributed by atoms with Gasteiger partial charge in [0.15, 0.2) is 0 Å². The summed E-state index contributed by atoms with van der Waals surface area (Å²) in [6.45, 7) is 2.94. The molecular formula is C12H13N3. The molecule has 1 aromatic carbocycles. The first-order valence-corrected chi connectivity index (χ1v) is 5.01. The van der Waals surface area contributed by atoms with Crippen molar-refractivity contribution in [3.63, 3.8) is 0 Å². The van der Waals surface area contributed by atoms with Gasteiger partial charge in [-0.05, 0) is 25.1 Å². The summed E-state index contributed by atoms with van der Waals surface area (Å²) in [4.78, 5) is 10.6. The molecule has 0 spiro atoms. The Balaban J connectivity index is 2.34. The molecule has 0 aliphatic rings. The second-order valence-electron chi connectivity index (χ2n) is 3.13. The van der Waals surface area contributed by atoms with Crippen molar-refractivity contribution >= 4 is 11.6 Å². The summed E-state index contributed by atoms with van der Waals surface area (Å²) in [5, 5.41) is 0. The number of benzene rings is 1. The van der Waals surface area contributed by atoms with Gasteiger partial charge in [-0.1, -0.05) is 18.2 Å². The van der Waals surface area contributed by atoms with E-state index in [1.807, 2.05) is 24.3 Å². The Bertz CT molecular complexity index is 360. The highest BCUT2D eigenvalue weighted by Gasteiger charge is 2.07. The van der Waals surface area contributed by atoms with Crippen molar-refractivity contribution in [3.05, 3.63) is 48.8 Å². The maximum atomic E-state index is 4.24. The van der Waals surface area contributed by atoms with Gasteiger partial charge < -0.3 is 4.90 Å². The Hall–Kier alpha value is -1.90. The van der Waals surface area contributed by atoms with Crippen LogP contribution in [0.15, 0.2) is 48.8 Å². The molecule has 0 fully saturated rings. The van der Waals surface area contributed by atoms with E-state index in [0.29, 0.717) is 0 Å². The lowest BCUT2D eigenvalue weighted by molar-refractivity contribution is 0.946. The van der Waals surface area contributed by atoms with Gasteiger partial charge in [0.25, 0.3) is 0 Å². The summed E-state index contributed by atoms with van der Waals surface area (Å²) in [7, 11) is 0. The van der Waals surface area contributed by atoms with Gasteiger partial charge in [0.2, 0.25) is 5.95 Å². The third kappa shape index (κ3) is 2.13. The standard InChI is InChI=1S/C12H13N3/c1-2-15(11-7-4-3-5-8-11)12-13-9-6-10-14-12/h3-10H,2H2,1H3. The number of hydrogen-bond acceptors (Lipinski definition) is 3. The van der Waals surface area contributed by atoms with E-state index in [4.69, 9.17) is 0 Å². The number of rotatable bonds is 3. The number of para-hydroxylation sites is 1. The zero-order valence-electron chi connectivity index (χ0n) is 8.67. The predicted octanol–water partition coefficient (Wildman–Crippen LogP) is 2.63. The second-order valence-corrected chi connectivity index (χ2v) is 3.13. The fourth-order valence-electron chi connectivity index (χ4n) is 1.48. The maximum Gasteiger partial charge on any atom is 0.229 e. The van der Waals surface area contributed by atoms with E-state index >= 15 is 0 Å². The van der Waals surface area contributed by atoms with Crippen LogP contribution in [0.1, 0.15) is 6.92 Å². The maximum absolute atomic E-state index is 4.24. The predicted molar refractivity (Wildman–Crippen MR) is 61.2 cm³/mol. The van der Waals surface area contributed by atoms with Crippen LogP contribution in [-0.2, 0) is 0 Å². The Kier molecular flexibility index (Phi) is 2.93. The molecule has 1 heterocycles. The Morgan fingerprint density at radius 1 is 1.00 bits per heavy atom. The zero-order valence-corrected chi connectivity index (χ0v) is 8.67. The third-order valence-electron chi connectivity index (χ3n) is 2.18. The largest absolute Gasteiger partial charge is 0.311 e. The molecular weight excluding hydrogens is 186 g/mol. The minimum atomic E-state index is 0.742. The summed E-state index contributed by atoms with van der Waals surface area (Å²) in [6.07, 6.45) is 3.52. The van der Waals surface area contributed by atoms with E-state index < -0.39 is 0 Å². The average Bonchev–Trinajstić information content (AvgIpc) is 2.33. The van der Waals surface area contributed by atoms with E-state index in [1.165, 1.54) is 0 Å². The van der Waals surface area contributed by atoms with Crippen molar-refractivity contribution in [1.82, 2.24) is 9.97 Å². The summed E-state index contributed by atoms with van der Waals surface area (Å²) < 4.78 is 0. The van der Waals surface area contributed by atoms with E-state index in [-0.39, 0.29) is 0 Å². The van der Waals surface area contributed by atoms with Gasteiger partial charge in [-0.3, -0.25) is 0 Å². The molecule has 0 N–H and O–H groups in total. The van der Waals surface area contributed by atoms with E-state index in [0.717, 1.165) is 18.2 Å². The van der Waals surface area contributed by atoms with Crippen LogP contribution in [0.5, 0.6) is 0 Å². The normalized spacial score (nSPS) is 9.93. The minimum Gasteiger partial charge on any atom is -0.311 e. The fraction of sp³-hybridized carbons (Fsp3) is 0.167. The monoisotopic (exact) mass is 199 g/mol. The van der Waals surface area contributed by atoms with Crippen molar-refractivity contribution in [3.8, 4) is 0 Å². The lowest BCUT2D eigenvalue weighted by Gasteiger charge is -2.20. The molecule has 2 rings (SSSR count). The van der Waals surface area contributed by atoms with E-state index in [1.54, 1.807) is 12.4 Å². The van der Waals surface area contributed by atoms with E-state index in [9.17, 15) is 0 Å². The molecule has 0 atom stereocenters. The third-order valence-corrected chi connectivity index (χ3v) is 2.18. The number of aromatic nitrogens is 2. The average molecular weight is 199 g/mol. The van der Waals surface area contributed by atoms with Gasteiger partial charge in [-0.15, -0.1) is 0 Å². The second kappa shape index (κ2) is 4.55. The van der Waals surface area contributed by atoms with Gasteiger partial charge in [-0.25, -0.2) is 9.97 Å². The zero-order chi connectivity index (χ0) is 10.5. The Morgan fingerprint density at radius 3 is 2.27 bits per heavy atom. The van der Waals surface area contributed by atoms with Crippen LogP contribution < -0.4 is 4.90 Å². The summed E-state index contributed by atoms with van der Waals surface area (Å²) in [5.41, 5.74) is 1.12. The molecule has 0 aliphatic carbocycles. The molecule has 1 aromatic heterocycles. The van der Waals surface area contributed by atoms with Gasteiger partial charge in [0, 0.05) is 24.6 Å². The smallest absolute Gasteiger partial charge is 0.229 e. The topological polar surface area (TPSA) is 29.0 Å². The highest BCUT2D eigenvalue weighted by atomic mass is 15.2. The molecule has 15 heavy (non-hydrogen) atoms. The first kappa shape index (κ1) is 9.65. The van der Waals surface area contributed by atoms with Crippen LogP contribution in [0.2, 0.25) is 0 Å². The van der Waals surface area contributed by atoms with Crippen molar-refractivity contribution in [2.75, 3.05) is 11.4 Å². The Labute approximate surface area is 89.4 Å². The van der Waals surface area contributed by atoms with Crippen LogP contribution in [0.4, 0.5) is 11.6 Å². The molecule has 3 heteroatoms. The highest BCUT2D eigenvalue weighted by molar-refractivity contribution is 5.56. The lowest BCUT2D eigenvalue weighted by atomic mass is 10.3. The molecule has 0 bridgehead atoms. The SMILES string of the molecule is CCN(c1ccccc1)c1ncccn1. The molecule has 0 saturated carbocycles. The van der Waals surface area contributed by atoms with Crippen molar-refractivity contribution in [2.45, 2.75) is 6.92 Å². The molecule has 0 aliphatic heterocycles. The quantitative estimate of drug-likeness (QED) is 0.761. The molecule has 0 saturated heterocycles. The molecule has 2 aromatic rings. The molecule has 0 radical (unpaired) electrons. The van der Waals surface area contributed by atoms with E-state index in [2.05, 4.69) is 33.9 Å². The molecule has 3 nitrogen and oxygen atoms in total. The molecule has 0 unspecified atom stereocenters. The number of hydrogen-bond donors (Lipinski definition) is 0. The van der Waals surface area contributed by atoms with Crippen molar-refractivity contribution in [1.29, 1.82) is 0 Å². The molecule has 0 amide bonds. The van der Waals surface area contributed by atoms with Gasteiger partial charge >= 0.3 is 0 Å². The lowest BCUT2D eigenvalue weighted by Crippen LogP contribution is -2.18. The van der Waals surface area contributed by atoms with Crippen LogP contribution in [0, 0.1) is 0 Å². The highest BCUT2D eigenvalue weighted by Crippen LogP contribution is 2.19. The summed E-state index contributed by atoms with van der Waals surface area (Å²) in [6, 6.07) is 12.0. The van der Waals surface area contributed by atoms with Crippen molar-refractivity contribution in [2.24, 2.45) is 0 Å². The van der Waals surface area contributed by atoms with Crippen LogP contribution in [0.3, 0.4) is 0 Å². The van der Waals surface area contributed by atoms with Gasteiger partial charge in [-0.2, -0.15) is 0 Å².